The number of urea groups is 1. The van der Waals surface area contributed by atoms with E-state index in [1.165, 1.54) is 7.11 Å². The standard InChI is InChI=1S/C15H22N4O3.ClH/c1-15(2,9-16)18-13(20)10-4-5-12(22-3)11(8-10)19-7-6-17-14(19)21;/h4-5,8H,6-7,9,16H2,1-3H3,(H,17,21)(H,18,20);1H. The van der Waals surface area contributed by atoms with Gasteiger partial charge in [0, 0.05) is 30.7 Å². The Morgan fingerprint density at radius 1 is 1.48 bits per heavy atom. The van der Waals surface area contributed by atoms with Gasteiger partial charge in [-0.25, -0.2) is 4.79 Å². The number of nitrogens with one attached hydrogen (secondary N) is 2. The largest absolute Gasteiger partial charge is 0.495 e. The number of carbonyl (C=O) groups is 2. The number of methoxy groups -OCH3 is 1. The zero-order chi connectivity index (χ0) is 16.3. The number of nitrogens with two attached hydrogens (primary N) is 1. The van der Waals surface area contributed by atoms with E-state index in [1.54, 1.807) is 23.1 Å². The molecule has 8 heteroatoms. The van der Waals surface area contributed by atoms with Crippen molar-refractivity contribution in [2.24, 2.45) is 5.73 Å². The van der Waals surface area contributed by atoms with Gasteiger partial charge in [0.15, 0.2) is 0 Å². The summed E-state index contributed by atoms with van der Waals surface area (Å²) in [7, 11) is 1.53. The van der Waals surface area contributed by atoms with Crippen molar-refractivity contribution in [3.05, 3.63) is 23.8 Å². The van der Waals surface area contributed by atoms with Gasteiger partial charge >= 0.3 is 6.03 Å². The smallest absolute Gasteiger partial charge is 0.322 e. The van der Waals surface area contributed by atoms with E-state index in [0.29, 0.717) is 36.6 Å². The maximum atomic E-state index is 12.3. The summed E-state index contributed by atoms with van der Waals surface area (Å²) in [6, 6.07) is 4.81. The average Bonchev–Trinajstić information content (AvgIpc) is 2.92. The highest BCUT2D eigenvalue weighted by Crippen LogP contribution is 2.30. The van der Waals surface area contributed by atoms with E-state index < -0.39 is 5.54 Å². The third-order valence-corrected chi connectivity index (χ3v) is 3.55. The van der Waals surface area contributed by atoms with Crippen molar-refractivity contribution >= 4 is 30.0 Å². The Labute approximate surface area is 141 Å². The molecular formula is C15H23ClN4O3. The second kappa shape index (κ2) is 7.52. The molecule has 23 heavy (non-hydrogen) atoms. The van der Waals surface area contributed by atoms with E-state index >= 15 is 0 Å². The molecule has 3 amide bonds. The number of anilines is 1. The molecule has 0 unspecified atom stereocenters. The van der Waals surface area contributed by atoms with Crippen molar-refractivity contribution in [1.29, 1.82) is 0 Å². The summed E-state index contributed by atoms with van der Waals surface area (Å²) in [5.41, 5.74) is 6.17. The zero-order valence-corrected chi connectivity index (χ0v) is 14.3. The maximum absolute atomic E-state index is 12.3. The van der Waals surface area contributed by atoms with Crippen LogP contribution in [0.4, 0.5) is 10.5 Å². The third kappa shape index (κ3) is 4.27. The highest BCUT2D eigenvalue weighted by molar-refractivity contribution is 6.00. The lowest BCUT2D eigenvalue weighted by Crippen LogP contribution is -2.48. The van der Waals surface area contributed by atoms with Gasteiger partial charge in [-0.1, -0.05) is 0 Å². The highest BCUT2D eigenvalue weighted by atomic mass is 35.5. The average molecular weight is 343 g/mol. The van der Waals surface area contributed by atoms with Gasteiger partial charge in [-0.3, -0.25) is 9.69 Å². The SMILES string of the molecule is COc1ccc(C(=O)NC(C)(C)CN)cc1N1CCNC1=O.Cl. The molecule has 0 aromatic heterocycles. The molecule has 128 valence electrons. The number of benzene rings is 1. The number of amides is 3. The molecule has 1 aliphatic heterocycles. The Hall–Kier alpha value is -1.99. The molecule has 0 bridgehead atoms. The predicted molar refractivity (Wildman–Crippen MR) is 91.6 cm³/mol. The molecule has 2 rings (SSSR count). The summed E-state index contributed by atoms with van der Waals surface area (Å²) in [5.74, 6) is 0.311. The zero-order valence-electron chi connectivity index (χ0n) is 13.5. The van der Waals surface area contributed by atoms with Gasteiger partial charge < -0.3 is 21.1 Å². The molecule has 0 atom stereocenters. The van der Waals surface area contributed by atoms with E-state index in [0.717, 1.165) is 0 Å². The lowest BCUT2D eigenvalue weighted by molar-refractivity contribution is 0.0915. The summed E-state index contributed by atoms with van der Waals surface area (Å²) in [6.45, 7) is 5.13. The fourth-order valence-electron chi connectivity index (χ4n) is 2.17. The fraction of sp³-hybridized carbons (Fsp3) is 0.467. The van der Waals surface area contributed by atoms with Crippen LogP contribution in [0.1, 0.15) is 24.2 Å². The van der Waals surface area contributed by atoms with Crippen LogP contribution < -0.4 is 26.0 Å². The molecule has 0 radical (unpaired) electrons. The van der Waals surface area contributed by atoms with Gasteiger partial charge in [0.25, 0.3) is 5.91 Å². The van der Waals surface area contributed by atoms with Gasteiger partial charge in [-0.2, -0.15) is 0 Å². The van der Waals surface area contributed by atoms with Gasteiger partial charge in [-0.15, -0.1) is 12.4 Å². The Morgan fingerprint density at radius 2 is 2.17 bits per heavy atom. The first kappa shape index (κ1) is 19.1. The summed E-state index contributed by atoms with van der Waals surface area (Å²) in [4.78, 5) is 25.7. The lowest BCUT2D eigenvalue weighted by atomic mass is 10.0. The molecule has 1 aromatic carbocycles. The first-order valence-corrected chi connectivity index (χ1v) is 7.14. The minimum Gasteiger partial charge on any atom is -0.495 e. The normalized spacial score (nSPS) is 14.1. The van der Waals surface area contributed by atoms with Crippen LogP contribution in [0, 0.1) is 0 Å². The van der Waals surface area contributed by atoms with Gasteiger partial charge in [-0.05, 0) is 32.0 Å². The number of hydrogen-bond donors (Lipinski definition) is 3. The molecule has 1 fully saturated rings. The van der Waals surface area contributed by atoms with Crippen molar-refractivity contribution in [2.45, 2.75) is 19.4 Å². The number of hydrogen-bond acceptors (Lipinski definition) is 4. The van der Waals surface area contributed by atoms with Crippen LogP contribution in [0.25, 0.3) is 0 Å². The van der Waals surface area contributed by atoms with Crippen LogP contribution >= 0.6 is 12.4 Å². The lowest BCUT2D eigenvalue weighted by Gasteiger charge is -2.25. The number of rotatable bonds is 5. The monoisotopic (exact) mass is 342 g/mol. The van der Waals surface area contributed by atoms with E-state index in [-0.39, 0.29) is 24.3 Å². The second-order valence-corrected chi connectivity index (χ2v) is 5.81. The minimum absolute atomic E-state index is 0. The minimum atomic E-state index is -0.498. The van der Waals surface area contributed by atoms with Crippen LogP contribution in [0.3, 0.4) is 0 Å². The molecule has 4 N–H and O–H groups in total. The van der Waals surface area contributed by atoms with Crippen molar-refractivity contribution in [3.63, 3.8) is 0 Å². The number of nitrogens with zero attached hydrogens (tertiary/aromatic N) is 1. The van der Waals surface area contributed by atoms with Crippen LogP contribution in [-0.2, 0) is 0 Å². The van der Waals surface area contributed by atoms with Gasteiger partial charge in [0.2, 0.25) is 0 Å². The molecule has 0 aliphatic carbocycles. The van der Waals surface area contributed by atoms with Crippen LogP contribution in [0.2, 0.25) is 0 Å². The molecule has 1 saturated heterocycles. The van der Waals surface area contributed by atoms with Crippen LogP contribution in [-0.4, -0.2) is 44.2 Å². The van der Waals surface area contributed by atoms with Crippen molar-refractivity contribution < 1.29 is 14.3 Å². The van der Waals surface area contributed by atoms with Crippen molar-refractivity contribution in [1.82, 2.24) is 10.6 Å². The molecule has 1 aromatic rings. The predicted octanol–water partition coefficient (Wildman–Crippen LogP) is 1.11. The number of ether oxygens (including phenoxy) is 1. The molecular weight excluding hydrogens is 320 g/mol. The third-order valence-electron chi connectivity index (χ3n) is 3.55. The fourth-order valence-corrected chi connectivity index (χ4v) is 2.17. The van der Waals surface area contributed by atoms with E-state index in [9.17, 15) is 9.59 Å². The van der Waals surface area contributed by atoms with E-state index in [2.05, 4.69) is 10.6 Å². The maximum Gasteiger partial charge on any atom is 0.322 e. The Kier molecular flexibility index (Phi) is 6.23. The summed E-state index contributed by atoms with van der Waals surface area (Å²) >= 11 is 0. The van der Waals surface area contributed by atoms with Crippen LogP contribution in [0.15, 0.2) is 18.2 Å². The molecule has 7 nitrogen and oxygen atoms in total. The highest BCUT2D eigenvalue weighted by Gasteiger charge is 2.26. The van der Waals surface area contributed by atoms with Crippen molar-refractivity contribution in [2.75, 3.05) is 31.6 Å². The van der Waals surface area contributed by atoms with Crippen LogP contribution in [0.5, 0.6) is 5.75 Å². The van der Waals surface area contributed by atoms with E-state index in [1.807, 2.05) is 13.8 Å². The molecule has 1 heterocycles. The molecule has 1 aliphatic rings. The first-order valence-electron chi connectivity index (χ1n) is 7.14. The van der Waals surface area contributed by atoms with Gasteiger partial charge in [0.1, 0.15) is 5.75 Å². The summed E-state index contributed by atoms with van der Waals surface area (Å²) in [5, 5.41) is 5.59. The first-order chi connectivity index (χ1) is 10.4. The molecule has 0 spiro atoms. The quantitative estimate of drug-likeness (QED) is 0.747. The van der Waals surface area contributed by atoms with E-state index in [4.69, 9.17) is 10.5 Å². The number of halogens is 1. The summed E-state index contributed by atoms with van der Waals surface area (Å²) in [6.07, 6.45) is 0. The summed E-state index contributed by atoms with van der Waals surface area (Å²) < 4.78 is 5.29. The second-order valence-electron chi connectivity index (χ2n) is 5.81. The Balaban J connectivity index is 0.00000264. The topological polar surface area (TPSA) is 96.7 Å². The Morgan fingerprint density at radius 3 is 2.70 bits per heavy atom. The van der Waals surface area contributed by atoms with Gasteiger partial charge in [0.05, 0.1) is 12.8 Å². The number of carbonyl (C=O) groups excluding carboxylic acids is 2. The Bertz CT molecular complexity index is 592. The van der Waals surface area contributed by atoms with Crippen molar-refractivity contribution in [3.8, 4) is 5.75 Å². The molecule has 0 saturated carbocycles.